The third-order valence-corrected chi connectivity index (χ3v) is 4.29. The van der Waals surface area contributed by atoms with Crippen LogP contribution in [0.25, 0.3) is 0 Å². The molecule has 0 radical (unpaired) electrons. The molecular weight excluding hydrogens is 294 g/mol. The van der Waals surface area contributed by atoms with Gasteiger partial charge in [0.2, 0.25) is 0 Å². The predicted octanol–water partition coefficient (Wildman–Crippen LogP) is 3.15. The largest absolute Gasteiger partial charge is 0.387 e. The zero-order chi connectivity index (χ0) is 15.4. The second-order valence-corrected chi connectivity index (χ2v) is 6.16. The minimum absolute atomic E-state index is 0.326. The molecule has 0 saturated carbocycles. The van der Waals surface area contributed by atoms with Crippen molar-refractivity contribution in [3.05, 3.63) is 51.5 Å². The summed E-state index contributed by atoms with van der Waals surface area (Å²) in [7, 11) is 1.86. The van der Waals surface area contributed by atoms with E-state index >= 15 is 0 Å². The Kier molecular flexibility index (Phi) is 5.39. The van der Waals surface area contributed by atoms with Gasteiger partial charge in [0, 0.05) is 17.6 Å². The first-order valence-corrected chi connectivity index (χ1v) is 7.56. The number of aliphatic hydroxyl groups excluding tert-OH is 1. The first-order chi connectivity index (χ1) is 9.99. The highest BCUT2D eigenvalue weighted by Crippen LogP contribution is 2.19. The van der Waals surface area contributed by atoms with E-state index in [0.29, 0.717) is 18.7 Å². The second-order valence-electron chi connectivity index (χ2n) is 4.96. The van der Waals surface area contributed by atoms with Crippen LogP contribution in [0.15, 0.2) is 24.4 Å². The van der Waals surface area contributed by atoms with E-state index in [1.54, 1.807) is 11.3 Å². The van der Waals surface area contributed by atoms with Crippen molar-refractivity contribution in [2.75, 3.05) is 13.6 Å². The number of halogens is 2. The number of nitrogens with zero attached hydrogens (tertiary/aromatic N) is 2. The van der Waals surface area contributed by atoms with Gasteiger partial charge >= 0.3 is 0 Å². The maximum Gasteiger partial charge on any atom is 0.159 e. The van der Waals surface area contributed by atoms with Gasteiger partial charge in [0.05, 0.1) is 12.6 Å². The lowest BCUT2D eigenvalue weighted by atomic mass is 10.1. The number of benzene rings is 1. The van der Waals surface area contributed by atoms with Gasteiger partial charge in [-0.3, -0.25) is 4.90 Å². The van der Waals surface area contributed by atoms with E-state index in [2.05, 4.69) is 11.9 Å². The number of thiazole rings is 1. The zero-order valence-corrected chi connectivity index (χ0v) is 12.8. The van der Waals surface area contributed by atoms with Crippen LogP contribution in [0.1, 0.15) is 28.5 Å². The van der Waals surface area contributed by atoms with Gasteiger partial charge in [-0.2, -0.15) is 0 Å². The normalized spacial score (nSPS) is 12.9. The van der Waals surface area contributed by atoms with E-state index in [4.69, 9.17) is 0 Å². The van der Waals surface area contributed by atoms with Gasteiger partial charge in [0.15, 0.2) is 11.6 Å². The Morgan fingerprint density at radius 2 is 2.10 bits per heavy atom. The van der Waals surface area contributed by atoms with E-state index in [1.165, 1.54) is 10.9 Å². The number of aromatic nitrogens is 1. The molecule has 1 aromatic carbocycles. The smallest absolute Gasteiger partial charge is 0.159 e. The molecule has 6 heteroatoms. The Hall–Kier alpha value is -1.37. The van der Waals surface area contributed by atoms with Crippen LogP contribution in [0.4, 0.5) is 8.78 Å². The molecule has 2 aromatic rings. The summed E-state index contributed by atoms with van der Waals surface area (Å²) < 4.78 is 26.0. The predicted molar refractivity (Wildman–Crippen MR) is 79.1 cm³/mol. The molecule has 0 aliphatic rings. The van der Waals surface area contributed by atoms with E-state index in [-0.39, 0.29) is 0 Å². The summed E-state index contributed by atoms with van der Waals surface area (Å²) in [6, 6.07) is 3.46. The maximum absolute atomic E-state index is 13.2. The Bertz CT molecular complexity index is 603. The Labute approximate surface area is 126 Å². The number of likely N-dealkylation sites (N-methyl/N-ethyl adjacent to an activating group) is 1. The zero-order valence-electron chi connectivity index (χ0n) is 12.0. The van der Waals surface area contributed by atoms with Crippen LogP contribution in [-0.2, 0) is 13.0 Å². The van der Waals surface area contributed by atoms with Crippen molar-refractivity contribution in [3.63, 3.8) is 0 Å². The van der Waals surface area contributed by atoms with Crippen LogP contribution in [-0.4, -0.2) is 28.6 Å². The van der Waals surface area contributed by atoms with Crippen molar-refractivity contribution < 1.29 is 13.9 Å². The summed E-state index contributed by atoms with van der Waals surface area (Å²) in [5.41, 5.74) is 0.370. The first kappa shape index (κ1) is 16.0. The van der Waals surface area contributed by atoms with Gasteiger partial charge in [-0.1, -0.05) is 13.0 Å². The number of hydrogen-bond donors (Lipinski definition) is 1. The number of aliphatic hydroxyl groups is 1. The van der Waals surface area contributed by atoms with Gasteiger partial charge in [-0.25, -0.2) is 13.8 Å². The highest BCUT2D eigenvalue weighted by Gasteiger charge is 2.14. The standard InChI is InChI=1S/C15H18F2N2OS/c1-3-11-7-18-15(21-11)9-19(2)8-14(20)10-4-5-12(16)13(17)6-10/h4-7,14,20H,3,8-9H2,1-2H3. The Morgan fingerprint density at radius 1 is 1.33 bits per heavy atom. The molecule has 1 heterocycles. The SMILES string of the molecule is CCc1cnc(CN(C)CC(O)c2ccc(F)c(F)c2)s1. The van der Waals surface area contributed by atoms with Crippen LogP contribution >= 0.6 is 11.3 Å². The molecule has 1 N–H and O–H groups in total. The molecule has 1 aromatic heterocycles. The Balaban J connectivity index is 1.94. The Morgan fingerprint density at radius 3 is 2.71 bits per heavy atom. The van der Waals surface area contributed by atoms with Gasteiger partial charge < -0.3 is 5.11 Å². The highest BCUT2D eigenvalue weighted by molar-refractivity contribution is 7.11. The van der Waals surface area contributed by atoms with Gasteiger partial charge in [-0.15, -0.1) is 11.3 Å². The fourth-order valence-corrected chi connectivity index (χ4v) is 2.94. The van der Waals surface area contributed by atoms with E-state index < -0.39 is 17.7 Å². The molecule has 0 fully saturated rings. The first-order valence-electron chi connectivity index (χ1n) is 6.74. The van der Waals surface area contributed by atoms with Crippen LogP contribution in [0.2, 0.25) is 0 Å². The summed E-state index contributed by atoms with van der Waals surface area (Å²) in [6.45, 7) is 3.02. The molecule has 114 valence electrons. The molecule has 1 unspecified atom stereocenters. The molecular formula is C15H18F2N2OS. The van der Waals surface area contributed by atoms with Gasteiger partial charge in [0.1, 0.15) is 5.01 Å². The van der Waals surface area contributed by atoms with Crippen molar-refractivity contribution in [1.82, 2.24) is 9.88 Å². The van der Waals surface area contributed by atoms with E-state index in [9.17, 15) is 13.9 Å². The third kappa shape index (κ3) is 4.30. The van der Waals surface area contributed by atoms with Crippen molar-refractivity contribution in [2.45, 2.75) is 26.0 Å². The molecule has 2 rings (SSSR count). The second kappa shape index (κ2) is 7.06. The molecule has 0 aliphatic carbocycles. The molecule has 3 nitrogen and oxygen atoms in total. The minimum atomic E-state index is -0.943. The third-order valence-electron chi connectivity index (χ3n) is 3.17. The summed E-state index contributed by atoms with van der Waals surface area (Å²) >= 11 is 1.64. The summed E-state index contributed by atoms with van der Waals surface area (Å²) in [6.07, 6.45) is 1.95. The van der Waals surface area contributed by atoms with Gasteiger partial charge in [-0.05, 0) is 31.2 Å². The van der Waals surface area contributed by atoms with Crippen molar-refractivity contribution in [1.29, 1.82) is 0 Å². The molecule has 0 bridgehead atoms. The molecule has 0 spiro atoms. The van der Waals surface area contributed by atoms with Crippen LogP contribution in [0.3, 0.4) is 0 Å². The van der Waals surface area contributed by atoms with Gasteiger partial charge in [0.25, 0.3) is 0 Å². The number of aryl methyl sites for hydroxylation is 1. The summed E-state index contributed by atoms with van der Waals surface area (Å²) in [4.78, 5) is 7.45. The van der Waals surface area contributed by atoms with Crippen LogP contribution < -0.4 is 0 Å². The molecule has 21 heavy (non-hydrogen) atoms. The highest BCUT2D eigenvalue weighted by atomic mass is 32.1. The van der Waals surface area contributed by atoms with Crippen LogP contribution in [0.5, 0.6) is 0 Å². The molecule has 0 amide bonds. The average molecular weight is 312 g/mol. The van der Waals surface area contributed by atoms with Crippen molar-refractivity contribution in [3.8, 4) is 0 Å². The van der Waals surface area contributed by atoms with E-state index in [0.717, 1.165) is 23.6 Å². The quantitative estimate of drug-likeness (QED) is 0.890. The summed E-state index contributed by atoms with van der Waals surface area (Å²) in [5.74, 6) is -1.85. The lowest BCUT2D eigenvalue weighted by Crippen LogP contribution is -2.24. The fraction of sp³-hybridized carbons (Fsp3) is 0.400. The molecule has 0 saturated heterocycles. The topological polar surface area (TPSA) is 36.4 Å². The average Bonchev–Trinajstić information content (AvgIpc) is 2.89. The lowest BCUT2D eigenvalue weighted by molar-refractivity contribution is 0.123. The van der Waals surface area contributed by atoms with Crippen LogP contribution in [0, 0.1) is 11.6 Å². The fourth-order valence-electron chi connectivity index (χ4n) is 2.00. The minimum Gasteiger partial charge on any atom is -0.387 e. The summed E-state index contributed by atoms with van der Waals surface area (Å²) in [5, 5.41) is 11.1. The number of hydrogen-bond acceptors (Lipinski definition) is 4. The monoisotopic (exact) mass is 312 g/mol. The lowest BCUT2D eigenvalue weighted by Gasteiger charge is -2.19. The maximum atomic E-state index is 13.2. The van der Waals surface area contributed by atoms with E-state index in [1.807, 2.05) is 18.1 Å². The number of rotatable bonds is 6. The molecule has 1 atom stereocenters. The van der Waals surface area contributed by atoms with Crippen molar-refractivity contribution >= 4 is 11.3 Å². The molecule has 0 aliphatic heterocycles. The van der Waals surface area contributed by atoms with Crippen molar-refractivity contribution in [2.24, 2.45) is 0 Å².